The van der Waals surface area contributed by atoms with E-state index in [4.69, 9.17) is 4.74 Å². The molecule has 1 aliphatic rings. The first-order valence-electron chi connectivity index (χ1n) is 3.10. The van der Waals surface area contributed by atoms with E-state index in [1.165, 1.54) is 0 Å². The molecule has 1 aliphatic carbocycles. The maximum Gasteiger partial charge on any atom is 0.313 e. The van der Waals surface area contributed by atoms with Crippen LogP contribution in [-0.4, -0.2) is 12.6 Å². The third kappa shape index (κ3) is 1.31. The smallest absolute Gasteiger partial charge is 0.313 e. The predicted molar refractivity (Wildman–Crippen MR) is 33.9 cm³/mol. The summed E-state index contributed by atoms with van der Waals surface area (Å²) in [7, 11) is 0. The lowest BCUT2D eigenvalue weighted by atomic mass is 10.4. The average molecular weight is 126 g/mol. The van der Waals surface area contributed by atoms with Gasteiger partial charge in [0.1, 0.15) is 0 Å². The highest BCUT2D eigenvalue weighted by Gasteiger charge is 2.35. The van der Waals surface area contributed by atoms with Gasteiger partial charge in [0, 0.05) is 0 Å². The summed E-state index contributed by atoms with van der Waals surface area (Å²) in [5, 5.41) is 0. The minimum Gasteiger partial charge on any atom is -0.466 e. The van der Waals surface area contributed by atoms with Crippen LogP contribution in [0.3, 0.4) is 0 Å². The normalized spacial score (nSPS) is 23.7. The Labute approximate surface area is 54.5 Å². The maximum absolute atomic E-state index is 10.7. The van der Waals surface area contributed by atoms with E-state index in [2.05, 4.69) is 6.58 Å². The molecule has 0 spiro atoms. The third-order valence-corrected chi connectivity index (χ3v) is 1.37. The molecule has 1 rings (SSSR count). The molecule has 0 N–H and O–H groups in total. The second-order valence-electron chi connectivity index (χ2n) is 2.17. The predicted octanol–water partition coefficient (Wildman–Crippen LogP) is 1.13. The number of hydrogen-bond donors (Lipinski definition) is 0. The summed E-state index contributed by atoms with van der Waals surface area (Å²) in [5.74, 6) is -0.0764. The first kappa shape index (κ1) is 6.33. The number of carbonyl (C=O) groups excluding carboxylic acids is 1. The van der Waals surface area contributed by atoms with Crippen molar-refractivity contribution in [2.45, 2.75) is 13.3 Å². The maximum atomic E-state index is 10.7. The van der Waals surface area contributed by atoms with Gasteiger partial charge in [0.15, 0.2) is 0 Å². The van der Waals surface area contributed by atoms with Crippen molar-refractivity contribution in [3.63, 3.8) is 0 Å². The van der Waals surface area contributed by atoms with Crippen molar-refractivity contribution >= 4 is 5.97 Å². The Hall–Kier alpha value is -0.790. The van der Waals surface area contributed by atoms with Crippen molar-refractivity contribution in [2.75, 3.05) is 6.61 Å². The standard InChI is InChI=1S/C7H10O2/c1-3-9-7(8)6-4-5(6)2/h6H,2-4H2,1H3/t6-/m0/s1. The van der Waals surface area contributed by atoms with Crippen LogP contribution in [0, 0.1) is 5.92 Å². The summed E-state index contributed by atoms with van der Waals surface area (Å²) in [5.41, 5.74) is 1.01. The summed E-state index contributed by atoms with van der Waals surface area (Å²) in [6.45, 7) is 5.93. The first-order chi connectivity index (χ1) is 4.25. The van der Waals surface area contributed by atoms with Crippen molar-refractivity contribution in [1.82, 2.24) is 0 Å². The minimum atomic E-state index is -0.109. The Bertz CT molecular complexity index is 149. The van der Waals surface area contributed by atoms with Crippen molar-refractivity contribution in [1.29, 1.82) is 0 Å². The molecule has 2 nitrogen and oxygen atoms in total. The fraction of sp³-hybridized carbons (Fsp3) is 0.571. The number of esters is 1. The molecule has 0 aromatic heterocycles. The Morgan fingerprint density at radius 2 is 2.56 bits per heavy atom. The lowest BCUT2D eigenvalue weighted by molar-refractivity contribution is -0.144. The molecule has 0 bridgehead atoms. The molecule has 1 fully saturated rings. The van der Waals surface area contributed by atoms with Gasteiger partial charge in [-0.1, -0.05) is 12.2 Å². The molecule has 0 saturated heterocycles. The van der Waals surface area contributed by atoms with Gasteiger partial charge in [0.2, 0.25) is 0 Å². The number of ether oxygens (including phenoxy) is 1. The lowest BCUT2D eigenvalue weighted by Gasteiger charge is -1.95. The first-order valence-corrected chi connectivity index (χ1v) is 3.10. The molecule has 0 heterocycles. The van der Waals surface area contributed by atoms with Crippen LogP contribution in [-0.2, 0) is 9.53 Å². The number of hydrogen-bond acceptors (Lipinski definition) is 2. The Balaban J connectivity index is 2.28. The Morgan fingerprint density at radius 1 is 2.00 bits per heavy atom. The fourth-order valence-electron chi connectivity index (χ4n) is 0.696. The molecule has 0 unspecified atom stereocenters. The summed E-state index contributed by atoms with van der Waals surface area (Å²) in [4.78, 5) is 10.7. The van der Waals surface area contributed by atoms with Gasteiger partial charge in [0.25, 0.3) is 0 Å². The monoisotopic (exact) mass is 126 g/mol. The summed E-state index contributed by atoms with van der Waals surface area (Å²) in [6, 6.07) is 0. The largest absolute Gasteiger partial charge is 0.466 e. The molecule has 50 valence electrons. The Kier molecular flexibility index (Phi) is 1.56. The molecule has 0 amide bonds. The minimum absolute atomic E-state index is 0.0324. The SMILES string of the molecule is C=C1C[C@@H]1C(=O)OCC. The van der Waals surface area contributed by atoms with E-state index in [9.17, 15) is 4.79 Å². The average Bonchev–Trinajstić information content (AvgIpc) is 2.47. The van der Waals surface area contributed by atoms with E-state index in [1.807, 2.05) is 6.92 Å². The van der Waals surface area contributed by atoms with Crippen LogP contribution in [0.2, 0.25) is 0 Å². The van der Waals surface area contributed by atoms with Crippen molar-refractivity contribution < 1.29 is 9.53 Å². The van der Waals surface area contributed by atoms with Gasteiger partial charge in [-0.15, -0.1) is 0 Å². The van der Waals surface area contributed by atoms with E-state index >= 15 is 0 Å². The molecule has 0 aromatic rings. The van der Waals surface area contributed by atoms with E-state index in [0.29, 0.717) is 6.61 Å². The van der Waals surface area contributed by atoms with Crippen LogP contribution in [0.4, 0.5) is 0 Å². The van der Waals surface area contributed by atoms with Gasteiger partial charge >= 0.3 is 5.97 Å². The summed E-state index contributed by atoms with van der Waals surface area (Å²) < 4.78 is 4.74. The molecular weight excluding hydrogens is 116 g/mol. The van der Waals surface area contributed by atoms with Crippen LogP contribution in [0.15, 0.2) is 12.2 Å². The van der Waals surface area contributed by atoms with E-state index in [1.54, 1.807) is 0 Å². The fourth-order valence-corrected chi connectivity index (χ4v) is 0.696. The molecule has 9 heavy (non-hydrogen) atoms. The molecule has 0 aromatic carbocycles. The Morgan fingerprint density at radius 3 is 2.89 bits per heavy atom. The van der Waals surface area contributed by atoms with E-state index in [0.717, 1.165) is 12.0 Å². The van der Waals surface area contributed by atoms with E-state index < -0.39 is 0 Å². The molecule has 1 saturated carbocycles. The van der Waals surface area contributed by atoms with Gasteiger partial charge in [-0.05, 0) is 13.3 Å². The van der Waals surface area contributed by atoms with Gasteiger partial charge < -0.3 is 4.74 Å². The zero-order valence-corrected chi connectivity index (χ0v) is 5.52. The van der Waals surface area contributed by atoms with Gasteiger partial charge in [-0.25, -0.2) is 0 Å². The van der Waals surface area contributed by atoms with Gasteiger partial charge in [-0.2, -0.15) is 0 Å². The molecule has 0 radical (unpaired) electrons. The second kappa shape index (κ2) is 2.21. The summed E-state index contributed by atoms with van der Waals surface area (Å²) >= 11 is 0. The highest BCUT2D eigenvalue weighted by Crippen LogP contribution is 2.36. The zero-order chi connectivity index (χ0) is 6.85. The van der Waals surface area contributed by atoms with Crippen molar-refractivity contribution in [3.8, 4) is 0 Å². The van der Waals surface area contributed by atoms with Crippen LogP contribution in [0.25, 0.3) is 0 Å². The molecular formula is C7H10O2. The topological polar surface area (TPSA) is 26.3 Å². The third-order valence-electron chi connectivity index (χ3n) is 1.37. The van der Waals surface area contributed by atoms with Crippen molar-refractivity contribution in [2.24, 2.45) is 5.92 Å². The number of carbonyl (C=O) groups is 1. The van der Waals surface area contributed by atoms with Crippen LogP contribution in [0.1, 0.15) is 13.3 Å². The molecule has 0 aliphatic heterocycles. The summed E-state index contributed by atoms with van der Waals surface area (Å²) in [6.07, 6.45) is 0.832. The number of rotatable bonds is 2. The molecule has 1 atom stereocenters. The quantitative estimate of drug-likeness (QED) is 0.409. The molecule has 2 heteroatoms. The highest BCUT2D eigenvalue weighted by atomic mass is 16.5. The lowest BCUT2D eigenvalue weighted by Crippen LogP contribution is -2.05. The van der Waals surface area contributed by atoms with Crippen molar-refractivity contribution in [3.05, 3.63) is 12.2 Å². The van der Waals surface area contributed by atoms with Gasteiger partial charge in [-0.3, -0.25) is 4.79 Å². The highest BCUT2D eigenvalue weighted by molar-refractivity contribution is 5.80. The van der Waals surface area contributed by atoms with Crippen LogP contribution >= 0.6 is 0 Å². The van der Waals surface area contributed by atoms with Crippen LogP contribution in [0.5, 0.6) is 0 Å². The van der Waals surface area contributed by atoms with Gasteiger partial charge in [0.05, 0.1) is 12.5 Å². The zero-order valence-electron chi connectivity index (χ0n) is 5.52. The van der Waals surface area contributed by atoms with Crippen LogP contribution < -0.4 is 0 Å². The second-order valence-corrected chi connectivity index (χ2v) is 2.17. The van der Waals surface area contributed by atoms with E-state index in [-0.39, 0.29) is 11.9 Å².